The van der Waals surface area contributed by atoms with Gasteiger partial charge in [0.15, 0.2) is 5.82 Å². The van der Waals surface area contributed by atoms with Gasteiger partial charge in [0.05, 0.1) is 18.3 Å². The van der Waals surface area contributed by atoms with Crippen molar-refractivity contribution in [3.05, 3.63) is 71.1 Å². The number of carbonyl (C=O) groups excluding carboxylic acids is 2. The van der Waals surface area contributed by atoms with E-state index in [-0.39, 0.29) is 23.9 Å². The number of nitrogens with two attached hydrogens (primary N) is 1. The molecule has 1 aromatic carbocycles. The molecular formula is C38H41ClN8O3. The van der Waals surface area contributed by atoms with Crippen LogP contribution in [0.1, 0.15) is 59.2 Å². The first-order valence-corrected chi connectivity index (χ1v) is 18.2. The lowest BCUT2D eigenvalue weighted by Gasteiger charge is -2.32. The molecule has 4 aromatic heterocycles. The van der Waals surface area contributed by atoms with Gasteiger partial charge < -0.3 is 29.4 Å². The van der Waals surface area contributed by atoms with Gasteiger partial charge in [-0.2, -0.15) is 0 Å². The number of likely N-dealkylation sites (tertiary alicyclic amines) is 2. The fourth-order valence-electron chi connectivity index (χ4n) is 8.64. The van der Waals surface area contributed by atoms with E-state index in [2.05, 4.69) is 26.3 Å². The molecule has 0 unspecified atom stereocenters. The summed E-state index contributed by atoms with van der Waals surface area (Å²) in [6.07, 6.45) is 9.57. The number of hydrogen-bond acceptors (Lipinski definition) is 7. The molecule has 2 N–H and O–H groups in total. The fraction of sp³-hybridized carbons (Fsp3) is 0.447. The zero-order valence-electron chi connectivity index (χ0n) is 28.2. The predicted molar refractivity (Wildman–Crippen MR) is 191 cm³/mol. The number of piperidine rings is 2. The predicted octanol–water partition coefficient (Wildman–Crippen LogP) is 5.63. The topological polar surface area (TPSA) is 124 Å². The summed E-state index contributed by atoms with van der Waals surface area (Å²) in [4.78, 5) is 45.3. The molecule has 2 saturated heterocycles. The number of fused-ring (bicyclic) bond motifs is 4. The number of methoxy groups -OCH3 is 1. The highest BCUT2D eigenvalue weighted by atomic mass is 35.5. The Bertz CT molecular complexity index is 2130. The van der Waals surface area contributed by atoms with Crippen LogP contribution in [0.5, 0.6) is 5.75 Å². The highest BCUT2D eigenvalue weighted by molar-refractivity contribution is 6.29. The minimum atomic E-state index is -0.0235. The highest BCUT2D eigenvalue weighted by Gasteiger charge is 2.47. The molecule has 5 aromatic rings. The normalized spacial score (nSPS) is 22.3. The van der Waals surface area contributed by atoms with Gasteiger partial charge in [0.2, 0.25) is 0 Å². The lowest BCUT2D eigenvalue weighted by molar-refractivity contribution is 0.0680. The Morgan fingerprint density at radius 3 is 2.42 bits per heavy atom. The summed E-state index contributed by atoms with van der Waals surface area (Å²) in [5.41, 5.74) is 11.2. The number of nitrogens with zero attached hydrogens (tertiary/aromatic N) is 7. The van der Waals surface area contributed by atoms with Crippen LogP contribution in [-0.2, 0) is 13.1 Å². The highest BCUT2D eigenvalue weighted by Crippen LogP contribution is 2.41. The van der Waals surface area contributed by atoms with E-state index in [0.717, 1.165) is 65.8 Å². The molecule has 0 radical (unpaired) electrons. The van der Waals surface area contributed by atoms with Gasteiger partial charge in [0.1, 0.15) is 22.1 Å². The smallest absolute Gasteiger partial charge is 0.254 e. The van der Waals surface area contributed by atoms with Crippen LogP contribution < -0.4 is 10.5 Å². The van der Waals surface area contributed by atoms with Crippen molar-refractivity contribution >= 4 is 45.5 Å². The van der Waals surface area contributed by atoms with Crippen LogP contribution in [0.2, 0.25) is 5.15 Å². The number of hydrogen-bond donors (Lipinski definition) is 1. The van der Waals surface area contributed by atoms with E-state index in [9.17, 15) is 9.59 Å². The van der Waals surface area contributed by atoms with Crippen molar-refractivity contribution in [2.75, 3.05) is 26.7 Å². The number of aromatic nitrogens is 5. The monoisotopic (exact) mass is 692 g/mol. The fourth-order valence-corrected chi connectivity index (χ4v) is 8.81. The molecule has 2 aliphatic carbocycles. The Balaban J connectivity index is 1.10. The van der Waals surface area contributed by atoms with Crippen LogP contribution in [0, 0.1) is 17.8 Å². The van der Waals surface area contributed by atoms with Crippen LogP contribution in [-0.4, -0.2) is 84.5 Å². The van der Waals surface area contributed by atoms with Crippen molar-refractivity contribution in [2.45, 2.75) is 63.7 Å². The molecule has 6 heterocycles. The Morgan fingerprint density at radius 1 is 0.900 bits per heavy atom. The minimum Gasteiger partial charge on any atom is -0.494 e. The number of benzene rings is 1. The summed E-state index contributed by atoms with van der Waals surface area (Å²) in [5, 5.41) is 1.39. The van der Waals surface area contributed by atoms with Gasteiger partial charge >= 0.3 is 0 Å². The van der Waals surface area contributed by atoms with Crippen molar-refractivity contribution in [3.63, 3.8) is 0 Å². The Morgan fingerprint density at radius 2 is 1.70 bits per heavy atom. The molecule has 12 heteroatoms. The summed E-state index contributed by atoms with van der Waals surface area (Å²) in [6.45, 7) is 3.58. The Hall–Kier alpha value is -4.48. The van der Waals surface area contributed by atoms with Gasteiger partial charge in [-0.1, -0.05) is 11.6 Å². The van der Waals surface area contributed by atoms with Crippen LogP contribution in [0.3, 0.4) is 0 Å². The van der Waals surface area contributed by atoms with E-state index >= 15 is 0 Å². The van der Waals surface area contributed by atoms with Crippen molar-refractivity contribution in [3.8, 4) is 17.3 Å². The van der Waals surface area contributed by atoms with E-state index in [0.29, 0.717) is 66.0 Å². The SMILES string of the molecule is COc1cc(C(=O)N2C[C@H]3CC[C@@H]2[C@@H]3N)cc2nc(-c3cc4cccnc4n3CC3CC3)n(CC3CCN(C(=O)c4ccnc(Cl)c4)CC3)c12. The molecule has 2 amide bonds. The first-order chi connectivity index (χ1) is 24.4. The molecule has 0 spiro atoms. The van der Waals surface area contributed by atoms with E-state index in [4.69, 9.17) is 32.0 Å². The number of imidazole rings is 1. The van der Waals surface area contributed by atoms with Crippen LogP contribution in [0.25, 0.3) is 33.6 Å². The van der Waals surface area contributed by atoms with Crippen LogP contribution in [0.15, 0.2) is 54.9 Å². The number of ether oxygens (including phenoxy) is 1. The molecule has 50 heavy (non-hydrogen) atoms. The molecule has 9 rings (SSSR count). The van der Waals surface area contributed by atoms with Crippen molar-refractivity contribution in [1.82, 2.24) is 33.9 Å². The third kappa shape index (κ3) is 5.42. The zero-order valence-corrected chi connectivity index (χ0v) is 28.9. The standard InChI is InChI=1S/C38H41ClN8O3/c1-50-31-17-27(38(49)46-21-26-6-7-29(46)33(26)40)15-28-34(31)47(20-23-9-13-44(14-10-23)37(48)25-8-12-41-32(39)18-25)36(43-28)30-16-24-3-2-11-42-35(24)45(30)19-22-4-5-22/h2-3,8,11-12,15-18,22-23,26,29,33H,4-7,9-10,13-14,19-21,40H2,1H3/t26-,29-,33-/m1/s1. The van der Waals surface area contributed by atoms with Gasteiger partial charge in [-0.15, -0.1) is 0 Å². The van der Waals surface area contributed by atoms with Crippen molar-refractivity contribution in [2.24, 2.45) is 23.5 Å². The first-order valence-electron chi connectivity index (χ1n) is 17.9. The second kappa shape index (κ2) is 12.4. The number of carbonyl (C=O) groups is 2. The average Bonchev–Trinajstić information content (AvgIpc) is 3.50. The number of rotatable bonds is 8. The van der Waals surface area contributed by atoms with E-state index in [1.165, 1.54) is 12.8 Å². The van der Waals surface area contributed by atoms with Gasteiger partial charge in [-0.25, -0.2) is 15.0 Å². The van der Waals surface area contributed by atoms with Gasteiger partial charge in [0.25, 0.3) is 11.8 Å². The van der Waals surface area contributed by atoms with Gasteiger partial charge in [-0.05, 0) is 98.7 Å². The molecule has 11 nitrogen and oxygen atoms in total. The summed E-state index contributed by atoms with van der Waals surface area (Å²) in [5.74, 6) is 2.72. The van der Waals surface area contributed by atoms with E-state index in [1.807, 2.05) is 34.2 Å². The van der Waals surface area contributed by atoms with Crippen LogP contribution >= 0.6 is 11.6 Å². The number of halogens is 1. The summed E-state index contributed by atoms with van der Waals surface area (Å²) in [7, 11) is 1.66. The third-order valence-corrected chi connectivity index (χ3v) is 11.7. The molecule has 258 valence electrons. The van der Waals surface area contributed by atoms with Crippen LogP contribution in [0.4, 0.5) is 0 Å². The van der Waals surface area contributed by atoms with Gasteiger partial charge in [0, 0.05) is 73.7 Å². The molecule has 2 bridgehead atoms. The van der Waals surface area contributed by atoms with Crippen molar-refractivity contribution in [1.29, 1.82) is 0 Å². The third-order valence-electron chi connectivity index (χ3n) is 11.5. The maximum atomic E-state index is 14.0. The maximum Gasteiger partial charge on any atom is 0.254 e. The second-order valence-electron chi connectivity index (χ2n) is 14.6. The molecule has 2 saturated carbocycles. The van der Waals surface area contributed by atoms with Gasteiger partial charge in [-0.3, -0.25) is 9.59 Å². The quantitative estimate of drug-likeness (QED) is 0.209. The maximum absolute atomic E-state index is 14.0. The van der Waals surface area contributed by atoms with E-state index < -0.39 is 0 Å². The summed E-state index contributed by atoms with van der Waals surface area (Å²) >= 11 is 6.08. The number of pyridine rings is 2. The minimum absolute atomic E-state index is 0.0106. The average molecular weight is 693 g/mol. The zero-order chi connectivity index (χ0) is 34.1. The lowest BCUT2D eigenvalue weighted by Crippen LogP contribution is -2.41. The Kier molecular flexibility index (Phi) is 7.80. The molecule has 3 atom stereocenters. The van der Waals surface area contributed by atoms with Crippen molar-refractivity contribution < 1.29 is 14.3 Å². The lowest BCUT2D eigenvalue weighted by atomic mass is 9.96. The summed E-state index contributed by atoms with van der Waals surface area (Å²) < 4.78 is 10.7. The molecular weight excluding hydrogens is 652 g/mol. The number of amides is 2. The van der Waals surface area contributed by atoms with E-state index in [1.54, 1.807) is 25.4 Å². The summed E-state index contributed by atoms with van der Waals surface area (Å²) in [6, 6.07) is 13.6. The molecule has 4 fully saturated rings. The first kappa shape index (κ1) is 31.5. The Labute approximate surface area is 295 Å². The largest absolute Gasteiger partial charge is 0.494 e. The second-order valence-corrected chi connectivity index (χ2v) is 15.0. The molecule has 4 aliphatic rings. The molecule has 2 aliphatic heterocycles.